The van der Waals surface area contributed by atoms with Crippen LogP contribution in [0.15, 0.2) is 65.8 Å². The molecule has 0 saturated carbocycles. The number of aromatic nitrogens is 2. The van der Waals surface area contributed by atoms with E-state index in [4.69, 9.17) is 0 Å². The number of carbonyl (C=O) groups is 1. The number of rotatable bonds is 7. The molecule has 1 aromatic heterocycles. The fraction of sp³-hybridized carbons (Fsp3) is 0.261. The van der Waals surface area contributed by atoms with Crippen LogP contribution in [0.2, 0.25) is 0 Å². The number of amides is 1. The maximum Gasteiger partial charge on any atom is 0.253 e. The Morgan fingerprint density at radius 2 is 1.57 bits per heavy atom. The first kappa shape index (κ1) is 24.5. The van der Waals surface area contributed by atoms with E-state index in [1.54, 1.807) is 42.5 Å². The number of hydrogen-bond acceptors (Lipinski definition) is 7. The summed E-state index contributed by atoms with van der Waals surface area (Å²) in [6, 6.07) is 14.6. The topological polar surface area (TPSA) is 116 Å². The molecular weight excluding hydrogens is 478 g/mol. The van der Waals surface area contributed by atoms with Gasteiger partial charge in [-0.2, -0.15) is 0 Å². The van der Waals surface area contributed by atoms with E-state index in [0.29, 0.717) is 28.6 Å². The largest absolute Gasteiger partial charge is 0.340 e. The Hall–Kier alpha value is -3.64. The summed E-state index contributed by atoms with van der Waals surface area (Å²) < 4.78 is 53.0. The summed E-state index contributed by atoms with van der Waals surface area (Å²) in [6.07, 6.45) is 0.707. The number of piperidine rings is 1. The fourth-order valence-corrected chi connectivity index (χ4v) is 4.34. The van der Waals surface area contributed by atoms with Crippen LogP contribution in [0.5, 0.6) is 0 Å². The van der Waals surface area contributed by atoms with E-state index in [9.17, 15) is 22.0 Å². The van der Waals surface area contributed by atoms with Crippen LogP contribution >= 0.6 is 0 Å². The second-order valence-corrected chi connectivity index (χ2v) is 9.89. The van der Waals surface area contributed by atoms with Crippen LogP contribution in [-0.4, -0.2) is 55.3 Å². The molecule has 9 nitrogen and oxygen atoms in total. The van der Waals surface area contributed by atoms with Gasteiger partial charge in [-0.1, -0.05) is 6.07 Å². The fourth-order valence-electron chi connectivity index (χ4n) is 3.56. The lowest BCUT2D eigenvalue weighted by Crippen LogP contribution is -2.42. The number of carbonyl (C=O) groups excluding carboxylic acids is 1. The summed E-state index contributed by atoms with van der Waals surface area (Å²) in [5.74, 6) is -2.07. The molecule has 35 heavy (non-hydrogen) atoms. The number of benzene rings is 2. The Bertz CT molecular complexity index is 1310. The molecule has 3 N–H and O–H groups in total. The molecule has 4 rings (SSSR count). The number of likely N-dealkylation sites (tertiary alicyclic amines) is 1. The molecule has 1 aliphatic heterocycles. The molecule has 0 radical (unpaired) electrons. The molecule has 0 unspecified atom stereocenters. The quantitative estimate of drug-likeness (QED) is 0.451. The highest BCUT2D eigenvalue weighted by molar-refractivity contribution is 7.89. The number of anilines is 4. The Morgan fingerprint density at radius 3 is 2.20 bits per heavy atom. The average Bonchev–Trinajstić information content (AvgIpc) is 2.84. The van der Waals surface area contributed by atoms with Gasteiger partial charge >= 0.3 is 0 Å². The molecule has 0 aliphatic carbocycles. The van der Waals surface area contributed by atoms with Crippen LogP contribution in [0.25, 0.3) is 0 Å². The summed E-state index contributed by atoms with van der Waals surface area (Å²) in [7, 11) is -2.24. The van der Waals surface area contributed by atoms with Crippen molar-refractivity contribution in [3.05, 3.63) is 66.5 Å². The van der Waals surface area contributed by atoms with Gasteiger partial charge in [0, 0.05) is 48.9 Å². The molecular formula is C23H24F2N6O3S. The number of nitrogens with zero attached hydrogens (tertiary/aromatic N) is 3. The van der Waals surface area contributed by atoms with Crippen LogP contribution in [-0.2, 0) is 10.0 Å². The molecule has 1 amide bonds. The molecule has 12 heteroatoms. The first-order chi connectivity index (χ1) is 16.6. The zero-order valence-corrected chi connectivity index (χ0v) is 19.6. The molecule has 0 bridgehead atoms. The van der Waals surface area contributed by atoms with Gasteiger partial charge in [-0.05, 0) is 49.5 Å². The smallest absolute Gasteiger partial charge is 0.253 e. The van der Waals surface area contributed by atoms with E-state index < -0.39 is 15.9 Å². The summed E-state index contributed by atoms with van der Waals surface area (Å²) in [4.78, 5) is 22.5. The predicted molar refractivity (Wildman–Crippen MR) is 128 cm³/mol. The molecule has 0 spiro atoms. The number of halogens is 2. The first-order valence-electron chi connectivity index (χ1n) is 10.8. The highest BCUT2D eigenvalue weighted by Crippen LogP contribution is 2.28. The predicted octanol–water partition coefficient (Wildman–Crippen LogP) is 3.74. The zero-order chi connectivity index (χ0) is 25.1. The normalized spacial score (nSPS) is 15.5. The third kappa shape index (κ3) is 6.08. The van der Waals surface area contributed by atoms with Crippen LogP contribution in [0.4, 0.5) is 31.8 Å². The zero-order valence-electron chi connectivity index (χ0n) is 18.8. The Labute approximate surface area is 201 Å². The minimum absolute atomic E-state index is 0.0341. The molecule has 0 atom stereocenters. The van der Waals surface area contributed by atoms with Gasteiger partial charge in [0.1, 0.15) is 18.0 Å². The lowest BCUT2D eigenvalue weighted by molar-refractivity contribution is -0.0494. The monoisotopic (exact) mass is 502 g/mol. The van der Waals surface area contributed by atoms with Gasteiger partial charge in [-0.3, -0.25) is 4.79 Å². The standard InChI is InChI=1S/C23H24F2N6O3S/c1-26-35(33,34)19-4-2-3-18(13-19)30-21-14-20(27-15-28-21)29-17-7-5-16(6-8-17)22(32)31-11-9-23(24,25)10-12-31/h2-8,13-15,26H,9-12H2,1H3,(H2,27,28,29,30). The van der Waals surface area contributed by atoms with Crippen LogP contribution < -0.4 is 15.4 Å². The van der Waals surface area contributed by atoms with Crippen molar-refractivity contribution in [3.8, 4) is 0 Å². The van der Waals surface area contributed by atoms with Gasteiger partial charge in [0.05, 0.1) is 4.90 Å². The average molecular weight is 503 g/mol. The van der Waals surface area contributed by atoms with Gasteiger partial charge in [0.25, 0.3) is 11.8 Å². The van der Waals surface area contributed by atoms with Crippen molar-refractivity contribution in [1.29, 1.82) is 0 Å². The van der Waals surface area contributed by atoms with E-state index in [2.05, 4.69) is 25.3 Å². The van der Waals surface area contributed by atoms with Crippen molar-refractivity contribution in [2.75, 3.05) is 30.8 Å². The summed E-state index contributed by atoms with van der Waals surface area (Å²) in [6.45, 7) is 0.0681. The van der Waals surface area contributed by atoms with Crippen LogP contribution in [0.3, 0.4) is 0 Å². The van der Waals surface area contributed by atoms with E-state index in [1.807, 2.05) is 0 Å². The number of hydrogen-bond donors (Lipinski definition) is 3. The van der Waals surface area contributed by atoms with Gasteiger partial charge in [-0.15, -0.1) is 0 Å². The molecule has 1 aliphatic rings. The minimum Gasteiger partial charge on any atom is -0.340 e. The van der Waals surface area contributed by atoms with Crippen molar-refractivity contribution in [2.45, 2.75) is 23.7 Å². The molecule has 3 aromatic rings. The van der Waals surface area contributed by atoms with E-state index in [0.717, 1.165) is 0 Å². The first-order valence-corrected chi connectivity index (χ1v) is 12.3. The lowest BCUT2D eigenvalue weighted by atomic mass is 10.1. The van der Waals surface area contributed by atoms with Crippen molar-refractivity contribution in [2.24, 2.45) is 0 Å². The molecule has 1 saturated heterocycles. The van der Waals surface area contributed by atoms with Crippen molar-refractivity contribution >= 4 is 38.9 Å². The third-order valence-corrected chi connectivity index (χ3v) is 6.95. The minimum atomic E-state index is -3.58. The maximum absolute atomic E-state index is 13.3. The number of nitrogens with one attached hydrogen (secondary N) is 3. The molecule has 2 aromatic carbocycles. The lowest BCUT2D eigenvalue weighted by Gasteiger charge is -2.31. The van der Waals surface area contributed by atoms with Crippen LogP contribution in [0, 0.1) is 0 Å². The maximum atomic E-state index is 13.3. The highest BCUT2D eigenvalue weighted by Gasteiger charge is 2.35. The second kappa shape index (κ2) is 9.92. The van der Waals surface area contributed by atoms with Gasteiger partial charge in [0.2, 0.25) is 10.0 Å². The van der Waals surface area contributed by atoms with Crippen LogP contribution in [0.1, 0.15) is 23.2 Å². The Balaban J connectivity index is 1.41. The van der Waals surface area contributed by atoms with Gasteiger partial charge < -0.3 is 15.5 Å². The summed E-state index contributed by atoms with van der Waals surface area (Å²) >= 11 is 0. The van der Waals surface area contributed by atoms with Crippen molar-refractivity contribution < 1.29 is 22.0 Å². The number of sulfonamides is 1. The van der Waals surface area contributed by atoms with E-state index in [1.165, 1.54) is 30.4 Å². The molecule has 2 heterocycles. The summed E-state index contributed by atoms with van der Waals surface area (Å²) in [5.41, 5.74) is 1.62. The Morgan fingerprint density at radius 1 is 0.943 bits per heavy atom. The molecule has 1 fully saturated rings. The highest BCUT2D eigenvalue weighted by atomic mass is 32.2. The Kier molecular flexibility index (Phi) is 6.94. The summed E-state index contributed by atoms with van der Waals surface area (Å²) in [5, 5.41) is 6.16. The van der Waals surface area contributed by atoms with Crippen molar-refractivity contribution in [1.82, 2.24) is 19.6 Å². The van der Waals surface area contributed by atoms with Gasteiger partial charge in [-0.25, -0.2) is 31.9 Å². The number of alkyl halides is 2. The SMILES string of the molecule is CNS(=O)(=O)c1cccc(Nc2cc(Nc3ccc(C(=O)N4CCC(F)(F)CC4)cc3)ncn2)c1. The molecule has 184 valence electrons. The van der Waals surface area contributed by atoms with Gasteiger partial charge in [0.15, 0.2) is 0 Å². The van der Waals surface area contributed by atoms with Crippen molar-refractivity contribution in [3.63, 3.8) is 0 Å². The third-order valence-electron chi connectivity index (χ3n) is 5.54. The van der Waals surface area contributed by atoms with E-state index >= 15 is 0 Å². The second-order valence-electron chi connectivity index (χ2n) is 8.00. The van der Waals surface area contributed by atoms with E-state index in [-0.39, 0.29) is 36.7 Å².